The zero-order chi connectivity index (χ0) is 20.4. The second-order valence-electron chi connectivity index (χ2n) is 7.25. The van der Waals surface area contributed by atoms with Gasteiger partial charge in [0.2, 0.25) is 0 Å². The number of aromatic amines is 1. The van der Waals surface area contributed by atoms with E-state index >= 15 is 0 Å². The van der Waals surface area contributed by atoms with Crippen LogP contribution in [0.1, 0.15) is 34.8 Å². The molecule has 4 rings (SSSR count). The van der Waals surface area contributed by atoms with E-state index in [4.69, 9.17) is 0 Å². The Kier molecular flexibility index (Phi) is 5.29. The largest absolute Gasteiger partial charge is 0.387 e. The summed E-state index contributed by atoms with van der Waals surface area (Å²) in [6.07, 6.45) is 1.81. The number of carbonyl (C=O) groups excluding carboxylic acids is 1. The Morgan fingerprint density at radius 2 is 1.90 bits per heavy atom. The number of rotatable bonds is 4. The first-order valence-electron chi connectivity index (χ1n) is 9.63. The third-order valence-corrected chi connectivity index (χ3v) is 5.37. The summed E-state index contributed by atoms with van der Waals surface area (Å²) in [5.74, 6) is -0.647. The van der Waals surface area contributed by atoms with E-state index < -0.39 is 0 Å². The maximum Gasteiger partial charge on any atom is 0.255 e. The Hall–Kier alpha value is -3.22. The van der Waals surface area contributed by atoms with Gasteiger partial charge >= 0.3 is 0 Å². The van der Waals surface area contributed by atoms with Crippen LogP contribution < -0.4 is 5.32 Å². The predicted molar refractivity (Wildman–Crippen MR) is 108 cm³/mol. The van der Waals surface area contributed by atoms with Gasteiger partial charge in [-0.15, -0.1) is 0 Å². The first-order valence-corrected chi connectivity index (χ1v) is 9.63. The van der Waals surface area contributed by atoms with E-state index in [1.165, 1.54) is 30.3 Å². The summed E-state index contributed by atoms with van der Waals surface area (Å²) >= 11 is 0. The van der Waals surface area contributed by atoms with E-state index in [1.54, 1.807) is 24.1 Å². The van der Waals surface area contributed by atoms with E-state index in [9.17, 15) is 13.6 Å². The van der Waals surface area contributed by atoms with Crippen molar-refractivity contribution < 1.29 is 13.6 Å². The normalized spacial score (nSPS) is 16.7. The average Bonchev–Trinajstić information content (AvgIpc) is 3.24. The Balaban J connectivity index is 1.52. The van der Waals surface area contributed by atoms with Crippen molar-refractivity contribution in [2.24, 2.45) is 0 Å². The standard InChI is InChI=1S/C22H22F2N4O/c1-25-21-11-17(24)8-9-18(21)22(29)28-10-2-3-15(13-28)20-12-19(26-27-20)14-4-6-16(23)7-5-14/h4-9,11-12,15,25H,2-3,10,13H2,1H3,(H,26,27)/t15-/m0/s1. The number of amides is 1. The number of likely N-dealkylation sites (tertiary alicyclic amines) is 1. The molecule has 1 amide bonds. The summed E-state index contributed by atoms with van der Waals surface area (Å²) in [4.78, 5) is 14.8. The zero-order valence-corrected chi connectivity index (χ0v) is 16.1. The molecule has 2 heterocycles. The molecule has 1 fully saturated rings. The van der Waals surface area contributed by atoms with Gasteiger partial charge in [0.05, 0.1) is 11.3 Å². The van der Waals surface area contributed by atoms with Gasteiger partial charge in [0.15, 0.2) is 0 Å². The van der Waals surface area contributed by atoms with Crippen molar-refractivity contribution >= 4 is 11.6 Å². The monoisotopic (exact) mass is 396 g/mol. The molecule has 0 aliphatic carbocycles. The van der Waals surface area contributed by atoms with Gasteiger partial charge in [0.25, 0.3) is 5.91 Å². The zero-order valence-electron chi connectivity index (χ0n) is 16.1. The maximum absolute atomic E-state index is 13.5. The van der Waals surface area contributed by atoms with Crippen molar-refractivity contribution in [1.82, 2.24) is 15.1 Å². The summed E-state index contributed by atoms with van der Waals surface area (Å²) < 4.78 is 26.6. The number of nitrogens with zero attached hydrogens (tertiary/aromatic N) is 2. The number of hydrogen-bond acceptors (Lipinski definition) is 3. The first kappa shape index (κ1) is 19.1. The molecule has 150 valence electrons. The number of aromatic nitrogens is 2. The lowest BCUT2D eigenvalue weighted by atomic mass is 9.93. The predicted octanol–water partition coefficient (Wildman–Crippen LogP) is 4.42. The molecule has 3 aromatic rings. The van der Waals surface area contributed by atoms with Crippen LogP contribution >= 0.6 is 0 Å². The van der Waals surface area contributed by atoms with Crippen molar-refractivity contribution in [2.45, 2.75) is 18.8 Å². The lowest BCUT2D eigenvalue weighted by Gasteiger charge is -2.32. The molecule has 0 saturated carbocycles. The molecule has 1 aromatic heterocycles. The lowest BCUT2D eigenvalue weighted by molar-refractivity contribution is 0.0707. The van der Waals surface area contributed by atoms with Crippen molar-refractivity contribution in [3.8, 4) is 11.3 Å². The lowest BCUT2D eigenvalue weighted by Crippen LogP contribution is -2.39. The third-order valence-electron chi connectivity index (χ3n) is 5.37. The number of H-pyrrole nitrogens is 1. The second-order valence-corrected chi connectivity index (χ2v) is 7.25. The van der Waals surface area contributed by atoms with Gasteiger partial charge in [-0.1, -0.05) is 0 Å². The Morgan fingerprint density at radius 1 is 1.14 bits per heavy atom. The van der Waals surface area contributed by atoms with E-state index in [2.05, 4.69) is 15.5 Å². The molecule has 0 spiro atoms. The minimum atomic E-state index is -0.381. The smallest absolute Gasteiger partial charge is 0.255 e. The molecule has 0 radical (unpaired) electrons. The van der Waals surface area contributed by atoms with Crippen molar-refractivity contribution in [3.05, 3.63) is 71.4 Å². The summed E-state index contributed by atoms with van der Waals surface area (Å²) in [7, 11) is 1.67. The highest BCUT2D eigenvalue weighted by molar-refractivity contribution is 5.99. The van der Waals surface area contributed by atoms with E-state index in [-0.39, 0.29) is 23.5 Å². The van der Waals surface area contributed by atoms with Crippen LogP contribution in [0.3, 0.4) is 0 Å². The fraction of sp³-hybridized carbons (Fsp3) is 0.273. The molecule has 0 unspecified atom stereocenters. The molecular formula is C22H22F2N4O. The minimum absolute atomic E-state index is 0.114. The van der Waals surface area contributed by atoms with E-state index in [1.807, 2.05) is 6.07 Å². The Bertz CT molecular complexity index is 1020. The summed E-state index contributed by atoms with van der Waals surface area (Å²) in [6.45, 7) is 1.22. The number of halogens is 2. The number of benzene rings is 2. The second kappa shape index (κ2) is 8.03. The van der Waals surface area contributed by atoms with Gasteiger partial charge in [0.1, 0.15) is 11.6 Å². The SMILES string of the molecule is CNc1cc(F)ccc1C(=O)N1CCC[C@H](c2cc(-c3ccc(F)cc3)n[nH]2)C1. The van der Waals surface area contributed by atoms with Gasteiger partial charge in [-0.25, -0.2) is 8.78 Å². The molecule has 1 saturated heterocycles. The third kappa shape index (κ3) is 3.99. The Morgan fingerprint density at radius 3 is 2.66 bits per heavy atom. The van der Waals surface area contributed by atoms with Gasteiger partial charge in [0, 0.05) is 43.0 Å². The van der Waals surface area contributed by atoms with Crippen molar-refractivity contribution in [1.29, 1.82) is 0 Å². The van der Waals surface area contributed by atoms with E-state index in [0.717, 1.165) is 29.8 Å². The highest BCUT2D eigenvalue weighted by atomic mass is 19.1. The van der Waals surface area contributed by atoms with Crippen LogP contribution in [0.2, 0.25) is 0 Å². The molecular weight excluding hydrogens is 374 g/mol. The molecule has 1 aliphatic rings. The topological polar surface area (TPSA) is 61.0 Å². The number of hydrogen-bond donors (Lipinski definition) is 2. The minimum Gasteiger partial charge on any atom is -0.387 e. The summed E-state index contributed by atoms with van der Waals surface area (Å²) in [5, 5.41) is 10.3. The molecule has 7 heteroatoms. The summed E-state index contributed by atoms with van der Waals surface area (Å²) in [5.41, 5.74) is 3.49. The van der Waals surface area contributed by atoms with Crippen molar-refractivity contribution in [3.63, 3.8) is 0 Å². The molecule has 2 aromatic carbocycles. The molecule has 29 heavy (non-hydrogen) atoms. The van der Waals surface area contributed by atoms with Crippen LogP contribution in [0, 0.1) is 11.6 Å². The number of piperidine rings is 1. The molecule has 1 atom stereocenters. The Labute approximate surface area is 167 Å². The number of nitrogens with one attached hydrogen (secondary N) is 2. The average molecular weight is 396 g/mol. The van der Waals surface area contributed by atoms with E-state index in [0.29, 0.717) is 24.3 Å². The van der Waals surface area contributed by atoms with Gasteiger partial charge in [-0.2, -0.15) is 5.10 Å². The number of anilines is 1. The van der Waals surface area contributed by atoms with Crippen molar-refractivity contribution in [2.75, 3.05) is 25.5 Å². The maximum atomic E-state index is 13.5. The first-order chi connectivity index (χ1) is 14.0. The molecule has 1 aliphatic heterocycles. The highest BCUT2D eigenvalue weighted by Gasteiger charge is 2.28. The van der Waals surface area contributed by atoms with Crippen LogP contribution in [0.5, 0.6) is 0 Å². The number of carbonyl (C=O) groups is 1. The summed E-state index contributed by atoms with van der Waals surface area (Å²) in [6, 6.07) is 12.3. The molecule has 0 bridgehead atoms. The molecule has 5 nitrogen and oxygen atoms in total. The van der Waals surface area contributed by atoms with Crippen LogP contribution in [0.25, 0.3) is 11.3 Å². The van der Waals surface area contributed by atoms with Gasteiger partial charge in [-0.05, 0) is 61.4 Å². The van der Waals surface area contributed by atoms with Gasteiger partial charge in [-0.3, -0.25) is 9.89 Å². The fourth-order valence-corrected chi connectivity index (χ4v) is 3.81. The van der Waals surface area contributed by atoms with Crippen LogP contribution in [-0.4, -0.2) is 41.1 Å². The van der Waals surface area contributed by atoms with Crippen LogP contribution in [0.15, 0.2) is 48.5 Å². The quantitative estimate of drug-likeness (QED) is 0.686. The van der Waals surface area contributed by atoms with Crippen LogP contribution in [-0.2, 0) is 0 Å². The van der Waals surface area contributed by atoms with Crippen LogP contribution in [0.4, 0.5) is 14.5 Å². The molecule has 2 N–H and O–H groups in total. The fourth-order valence-electron chi connectivity index (χ4n) is 3.81. The highest BCUT2D eigenvalue weighted by Crippen LogP contribution is 2.30. The van der Waals surface area contributed by atoms with Gasteiger partial charge < -0.3 is 10.2 Å².